The van der Waals surface area contributed by atoms with Gasteiger partial charge in [-0.05, 0) is 43.7 Å². The number of halogens is 2. The molecule has 2 N–H and O–H groups in total. The molecule has 0 spiro atoms. The Kier molecular flexibility index (Phi) is 5.13. The van der Waals surface area contributed by atoms with Gasteiger partial charge in [0.1, 0.15) is 12.1 Å². The van der Waals surface area contributed by atoms with Crippen molar-refractivity contribution in [2.75, 3.05) is 11.9 Å². The standard InChI is InChI=1S/C19H17Cl2N3O3/c1-11-4-3-5-13(8-11)22-16(25)10-24-17(26)19(2,23-18(24)27)14-7-6-12(20)9-15(14)21/h3-9H,10H2,1-2H3,(H,22,25)(H,23,27)/t19-/m0/s1. The van der Waals surface area contributed by atoms with Crippen LogP contribution in [0.4, 0.5) is 10.5 Å². The molecule has 0 unspecified atom stereocenters. The van der Waals surface area contributed by atoms with Gasteiger partial charge < -0.3 is 10.6 Å². The number of rotatable bonds is 4. The lowest BCUT2D eigenvalue weighted by Gasteiger charge is -2.23. The molecule has 27 heavy (non-hydrogen) atoms. The van der Waals surface area contributed by atoms with Crippen molar-refractivity contribution < 1.29 is 14.4 Å². The fourth-order valence-electron chi connectivity index (χ4n) is 2.99. The minimum absolute atomic E-state index is 0.254. The second kappa shape index (κ2) is 7.21. The lowest BCUT2D eigenvalue weighted by Crippen LogP contribution is -2.42. The van der Waals surface area contributed by atoms with Crippen LogP contribution in [0.3, 0.4) is 0 Å². The van der Waals surface area contributed by atoms with Gasteiger partial charge in [-0.1, -0.05) is 41.4 Å². The van der Waals surface area contributed by atoms with Crippen molar-refractivity contribution in [1.82, 2.24) is 10.2 Å². The third kappa shape index (κ3) is 3.77. The highest BCUT2D eigenvalue weighted by atomic mass is 35.5. The van der Waals surface area contributed by atoms with E-state index in [9.17, 15) is 14.4 Å². The molecule has 0 aliphatic carbocycles. The second-order valence-corrected chi connectivity index (χ2v) is 7.33. The fourth-order valence-corrected chi connectivity index (χ4v) is 3.58. The second-order valence-electron chi connectivity index (χ2n) is 6.49. The first-order chi connectivity index (χ1) is 12.7. The van der Waals surface area contributed by atoms with Gasteiger partial charge in [-0.15, -0.1) is 0 Å². The van der Waals surface area contributed by atoms with Gasteiger partial charge in [0.2, 0.25) is 5.91 Å². The van der Waals surface area contributed by atoms with Crippen molar-refractivity contribution >= 4 is 46.7 Å². The zero-order valence-electron chi connectivity index (χ0n) is 14.7. The minimum Gasteiger partial charge on any atom is -0.325 e. The van der Waals surface area contributed by atoms with Crippen molar-refractivity contribution in [3.05, 3.63) is 63.6 Å². The van der Waals surface area contributed by atoms with Crippen LogP contribution in [0, 0.1) is 6.92 Å². The molecule has 140 valence electrons. The summed E-state index contributed by atoms with van der Waals surface area (Å²) in [5.41, 5.74) is 0.611. The van der Waals surface area contributed by atoms with Crippen LogP contribution in [-0.4, -0.2) is 29.3 Å². The highest BCUT2D eigenvalue weighted by Gasteiger charge is 2.50. The molecule has 4 amide bonds. The third-order valence-corrected chi connectivity index (χ3v) is 4.90. The lowest BCUT2D eigenvalue weighted by molar-refractivity contribution is -0.133. The van der Waals surface area contributed by atoms with Crippen molar-refractivity contribution in [2.45, 2.75) is 19.4 Å². The highest BCUT2D eigenvalue weighted by Crippen LogP contribution is 2.34. The molecule has 1 atom stereocenters. The smallest absolute Gasteiger partial charge is 0.325 e. The maximum Gasteiger partial charge on any atom is 0.325 e. The van der Waals surface area contributed by atoms with Gasteiger partial charge in [-0.25, -0.2) is 4.79 Å². The number of carbonyl (C=O) groups excluding carboxylic acids is 3. The molecule has 1 fully saturated rings. The van der Waals surface area contributed by atoms with Crippen LogP contribution in [0.15, 0.2) is 42.5 Å². The molecule has 1 aliphatic heterocycles. The van der Waals surface area contributed by atoms with Gasteiger partial charge in [0.25, 0.3) is 5.91 Å². The van der Waals surface area contributed by atoms with E-state index in [1.54, 1.807) is 37.3 Å². The lowest BCUT2D eigenvalue weighted by atomic mass is 9.92. The van der Waals surface area contributed by atoms with E-state index in [0.29, 0.717) is 16.3 Å². The number of amides is 4. The summed E-state index contributed by atoms with van der Waals surface area (Å²) in [5, 5.41) is 5.96. The van der Waals surface area contributed by atoms with Crippen LogP contribution < -0.4 is 10.6 Å². The molecule has 0 aromatic heterocycles. The van der Waals surface area contributed by atoms with Gasteiger partial charge in [-0.3, -0.25) is 14.5 Å². The molecule has 3 rings (SSSR count). The Balaban J connectivity index is 1.78. The molecule has 0 saturated carbocycles. The Morgan fingerprint density at radius 3 is 2.59 bits per heavy atom. The minimum atomic E-state index is -1.37. The Morgan fingerprint density at radius 1 is 1.19 bits per heavy atom. The van der Waals surface area contributed by atoms with Crippen LogP contribution in [0.1, 0.15) is 18.1 Å². The zero-order valence-corrected chi connectivity index (χ0v) is 16.2. The summed E-state index contributed by atoms with van der Waals surface area (Å²) in [4.78, 5) is 38.4. The van der Waals surface area contributed by atoms with Gasteiger partial charge in [-0.2, -0.15) is 0 Å². The van der Waals surface area contributed by atoms with Gasteiger partial charge >= 0.3 is 6.03 Å². The van der Waals surface area contributed by atoms with E-state index < -0.39 is 29.9 Å². The van der Waals surface area contributed by atoms with Gasteiger partial charge in [0, 0.05) is 21.3 Å². The largest absolute Gasteiger partial charge is 0.325 e. The van der Waals surface area contributed by atoms with Crippen LogP contribution >= 0.6 is 23.2 Å². The number of nitrogens with one attached hydrogen (secondary N) is 2. The molecule has 1 heterocycles. The molecule has 0 bridgehead atoms. The highest BCUT2D eigenvalue weighted by molar-refractivity contribution is 6.35. The van der Waals surface area contributed by atoms with E-state index in [4.69, 9.17) is 23.2 Å². The van der Waals surface area contributed by atoms with Crippen LogP contribution in [0.25, 0.3) is 0 Å². The Hall–Kier alpha value is -2.57. The van der Waals surface area contributed by atoms with Crippen molar-refractivity contribution in [1.29, 1.82) is 0 Å². The van der Waals surface area contributed by atoms with Crippen molar-refractivity contribution in [2.24, 2.45) is 0 Å². The number of hydrogen-bond acceptors (Lipinski definition) is 3. The number of aryl methyl sites for hydroxylation is 1. The normalized spacial score (nSPS) is 19.2. The summed E-state index contributed by atoms with van der Waals surface area (Å²) in [6.07, 6.45) is 0. The van der Waals surface area contributed by atoms with Crippen LogP contribution in [0.2, 0.25) is 10.0 Å². The third-order valence-electron chi connectivity index (χ3n) is 4.35. The Labute approximate surface area is 166 Å². The van der Waals surface area contributed by atoms with E-state index in [1.165, 1.54) is 6.07 Å². The predicted octanol–water partition coefficient (Wildman–Crippen LogP) is 3.71. The van der Waals surface area contributed by atoms with E-state index in [0.717, 1.165) is 10.5 Å². The number of benzene rings is 2. The van der Waals surface area contributed by atoms with Crippen molar-refractivity contribution in [3.63, 3.8) is 0 Å². The quantitative estimate of drug-likeness (QED) is 0.760. The number of hydrogen-bond donors (Lipinski definition) is 2. The first kappa shape index (κ1) is 19.2. The van der Waals surface area contributed by atoms with Crippen LogP contribution in [-0.2, 0) is 15.1 Å². The molecule has 1 saturated heterocycles. The first-order valence-corrected chi connectivity index (χ1v) is 8.92. The Morgan fingerprint density at radius 2 is 1.93 bits per heavy atom. The van der Waals surface area contributed by atoms with E-state index in [1.807, 2.05) is 13.0 Å². The topological polar surface area (TPSA) is 78.5 Å². The zero-order chi connectivity index (χ0) is 19.8. The molecule has 2 aromatic carbocycles. The average molecular weight is 406 g/mol. The van der Waals surface area contributed by atoms with Crippen LogP contribution in [0.5, 0.6) is 0 Å². The molecule has 2 aromatic rings. The van der Waals surface area contributed by atoms with Gasteiger partial charge in [0.05, 0.1) is 0 Å². The number of nitrogens with zero attached hydrogens (tertiary/aromatic N) is 1. The molecular weight excluding hydrogens is 389 g/mol. The summed E-state index contributed by atoms with van der Waals surface area (Å²) < 4.78 is 0. The summed E-state index contributed by atoms with van der Waals surface area (Å²) in [6.45, 7) is 3.04. The Bertz CT molecular complexity index is 948. The fraction of sp³-hybridized carbons (Fsp3) is 0.211. The summed E-state index contributed by atoms with van der Waals surface area (Å²) in [7, 11) is 0. The molecular formula is C19H17Cl2N3O3. The monoisotopic (exact) mass is 405 g/mol. The SMILES string of the molecule is Cc1cccc(NC(=O)CN2C(=O)N[C@@](C)(c3ccc(Cl)cc3Cl)C2=O)c1. The molecule has 0 radical (unpaired) electrons. The molecule has 1 aliphatic rings. The summed E-state index contributed by atoms with van der Waals surface area (Å²) >= 11 is 12.1. The summed E-state index contributed by atoms with van der Waals surface area (Å²) in [5.74, 6) is -1.04. The van der Waals surface area contributed by atoms with E-state index >= 15 is 0 Å². The van der Waals surface area contributed by atoms with Crippen molar-refractivity contribution in [3.8, 4) is 0 Å². The van der Waals surface area contributed by atoms with E-state index in [2.05, 4.69) is 10.6 Å². The summed E-state index contributed by atoms with van der Waals surface area (Å²) in [6, 6.07) is 11.2. The molecule has 6 nitrogen and oxygen atoms in total. The number of urea groups is 1. The first-order valence-electron chi connectivity index (χ1n) is 8.17. The van der Waals surface area contributed by atoms with Gasteiger partial charge in [0.15, 0.2) is 0 Å². The maximum absolute atomic E-state index is 12.9. The predicted molar refractivity (Wildman–Crippen MR) is 104 cm³/mol. The number of imide groups is 1. The maximum atomic E-state index is 12.9. The molecule has 8 heteroatoms. The number of carbonyl (C=O) groups is 3. The number of anilines is 1. The average Bonchev–Trinajstić information content (AvgIpc) is 2.78. The van der Waals surface area contributed by atoms with E-state index in [-0.39, 0.29) is 5.02 Å².